The van der Waals surface area contributed by atoms with Crippen LogP contribution in [0.5, 0.6) is 0 Å². The molecule has 126 valence electrons. The molecule has 5 nitrogen and oxygen atoms in total. The SMILES string of the molecule is Cc1cc2[nH]c(=O)n(C(=O)C34CC5CC(CC(C5)C3)C4)c2cc1N. The summed E-state index contributed by atoms with van der Waals surface area (Å²) in [6.45, 7) is 1.91. The highest BCUT2D eigenvalue weighted by molar-refractivity contribution is 5.95. The van der Waals surface area contributed by atoms with Crippen molar-refractivity contribution < 1.29 is 4.79 Å². The van der Waals surface area contributed by atoms with Crippen molar-refractivity contribution in [3.05, 3.63) is 28.2 Å². The third-order valence-electron chi connectivity index (χ3n) is 6.76. The lowest BCUT2D eigenvalue weighted by Crippen LogP contribution is -2.52. The summed E-state index contributed by atoms with van der Waals surface area (Å²) >= 11 is 0. The zero-order chi connectivity index (χ0) is 16.6. The molecule has 1 aromatic carbocycles. The average molecular weight is 325 g/mol. The minimum absolute atomic E-state index is 0.00102. The first-order chi connectivity index (χ1) is 11.4. The van der Waals surface area contributed by atoms with Crippen LogP contribution in [0.25, 0.3) is 11.0 Å². The van der Waals surface area contributed by atoms with Gasteiger partial charge < -0.3 is 10.7 Å². The molecular formula is C19H23N3O2. The third-order valence-corrected chi connectivity index (χ3v) is 6.76. The van der Waals surface area contributed by atoms with E-state index < -0.39 is 0 Å². The minimum atomic E-state index is -0.326. The molecule has 0 radical (unpaired) electrons. The zero-order valence-electron chi connectivity index (χ0n) is 14.0. The highest BCUT2D eigenvalue weighted by atomic mass is 16.2. The average Bonchev–Trinajstić information content (AvgIpc) is 2.80. The lowest BCUT2D eigenvalue weighted by atomic mass is 9.49. The number of nitrogens with one attached hydrogen (secondary N) is 1. The van der Waals surface area contributed by atoms with Gasteiger partial charge in [-0.2, -0.15) is 0 Å². The molecule has 0 saturated heterocycles. The Kier molecular flexibility index (Phi) is 2.70. The van der Waals surface area contributed by atoms with Crippen molar-refractivity contribution in [3.63, 3.8) is 0 Å². The van der Waals surface area contributed by atoms with Crippen LogP contribution in [-0.4, -0.2) is 15.5 Å². The largest absolute Gasteiger partial charge is 0.398 e. The lowest BCUT2D eigenvalue weighted by molar-refractivity contribution is -0.0400. The van der Waals surface area contributed by atoms with Crippen LogP contribution in [0.3, 0.4) is 0 Å². The fraction of sp³-hybridized carbons (Fsp3) is 0.579. The van der Waals surface area contributed by atoms with E-state index in [4.69, 9.17) is 5.73 Å². The highest BCUT2D eigenvalue weighted by Gasteiger charge is 2.55. The van der Waals surface area contributed by atoms with Crippen molar-refractivity contribution in [2.24, 2.45) is 23.2 Å². The normalized spacial score (nSPS) is 34.1. The molecule has 4 fully saturated rings. The van der Waals surface area contributed by atoms with E-state index in [1.165, 1.54) is 23.8 Å². The molecule has 1 heterocycles. The Morgan fingerprint density at radius 3 is 2.33 bits per heavy atom. The Hall–Kier alpha value is -2.04. The second-order valence-corrected chi connectivity index (χ2v) is 8.49. The van der Waals surface area contributed by atoms with Gasteiger partial charge in [0.05, 0.1) is 16.4 Å². The Bertz CT molecular complexity index is 885. The van der Waals surface area contributed by atoms with Gasteiger partial charge >= 0.3 is 5.69 Å². The molecule has 3 N–H and O–H groups in total. The number of H-pyrrole nitrogens is 1. The van der Waals surface area contributed by atoms with Gasteiger partial charge in [-0.05, 0) is 80.9 Å². The summed E-state index contributed by atoms with van der Waals surface area (Å²) in [5, 5.41) is 0. The number of nitrogens with two attached hydrogens (primary N) is 1. The van der Waals surface area contributed by atoms with Crippen molar-refractivity contribution in [3.8, 4) is 0 Å². The number of nitrogens with zero attached hydrogens (tertiary/aromatic N) is 1. The molecular weight excluding hydrogens is 302 g/mol. The standard InChI is InChI=1S/C19H23N3O2/c1-10-2-15-16(6-14(10)20)22(18(24)21-15)17(23)19-7-11-3-12(8-19)5-13(4-11)9-19/h2,6,11-13H,3-5,7-9,20H2,1H3,(H,21,24). The molecule has 5 heteroatoms. The van der Waals surface area contributed by atoms with E-state index in [9.17, 15) is 9.59 Å². The van der Waals surface area contributed by atoms with Crippen molar-refractivity contribution in [1.29, 1.82) is 0 Å². The second-order valence-electron chi connectivity index (χ2n) is 8.49. The number of aromatic nitrogens is 2. The maximum absolute atomic E-state index is 13.5. The molecule has 4 bridgehead atoms. The van der Waals surface area contributed by atoms with Crippen LogP contribution in [0.4, 0.5) is 5.69 Å². The quantitative estimate of drug-likeness (QED) is 0.791. The number of aryl methyl sites for hydroxylation is 1. The van der Waals surface area contributed by atoms with Gasteiger partial charge in [-0.25, -0.2) is 9.36 Å². The van der Waals surface area contributed by atoms with Crippen LogP contribution in [0.15, 0.2) is 16.9 Å². The Balaban J connectivity index is 1.65. The number of benzene rings is 1. The van der Waals surface area contributed by atoms with Gasteiger partial charge in [-0.3, -0.25) is 4.79 Å². The molecule has 0 unspecified atom stereocenters. The van der Waals surface area contributed by atoms with Gasteiger partial charge in [-0.15, -0.1) is 0 Å². The molecule has 6 rings (SSSR count). The number of imidazole rings is 1. The van der Waals surface area contributed by atoms with Gasteiger partial charge in [0.25, 0.3) is 0 Å². The van der Waals surface area contributed by atoms with Crippen LogP contribution in [0.2, 0.25) is 0 Å². The summed E-state index contributed by atoms with van der Waals surface area (Å²) in [5.74, 6) is 2.02. The molecule has 4 saturated carbocycles. The Morgan fingerprint density at radius 2 is 1.75 bits per heavy atom. The van der Waals surface area contributed by atoms with E-state index >= 15 is 0 Å². The van der Waals surface area contributed by atoms with Crippen LogP contribution >= 0.6 is 0 Å². The van der Waals surface area contributed by atoms with E-state index in [2.05, 4.69) is 4.98 Å². The number of hydrogen-bond donors (Lipinski definition) is 2. The number of carbonyl (C=O) groups is 1. The fourth-order valence-corrected chi connectivity index (χ4v) is 6.09. The van der Waals surface area contributed by atoms with E-state index in [-0.39, 0.29) is 17.0 Å². The Labute approximate surface area is 140 Å². The molecule has 0 aliphatic heterocycles. The summed E-state index contributed by atoms with van der Waals surface area (Å²) in [6, 6.07) is 3.62. The van der Waals surface area contributed by atoms with E-state index in [1.807, 2.05) is 13.0 Å². The maximum Gasteiger partial charge on any atom is 0.333 e. The fourth-order valence-electron chi connectivity index (χ4n) is 6.09. The Morgan fingerprint density at radius 1 is 1.17 bits per heavy atom. The molecule has 2 aromatic rings. The van der Waals surface area contributed by atoms with Crippen molar-refractivity contribution in [2.45, 2.75) is 45.4 Å². The minimum Gasteiger partial charge on any atom is -0.398 e. The number of rotatable bonds is 1. The van der Waals surface area contributed by atoms with Crippen molar-refractivity contribution in [1.82, 2.24) is 9.55 Å². The van der Waals surface area contributed by atoms with Crippen LogP contribution in [0, 0.1) is 30.1 Å². The third kappa shape index (κ3) is 1.81. The zero-order valence-corrected chi connectivity index (χ0v) is 14.0. The highest BCUT2D eigenvalue weighted by Crippen LogP contribution is 2.60. The summed E-state index contributed by atoms with van der Waals surface area (Å²) in [5.41, 5.74) is 8.24. The van der Waals surface area contributed by atoms with Crippen molar-refractivity contribution in [2.75, 3.05) is 5.73 Å². The predicted octanol–water partition coefficient (Wildman–Crippen LogP) is 3.08. The first-order valence-electron chi connectivity index (χ1n) is 9.01. The summed E-state index contributed by atoms with van der Waals surface area (Å²) in [7, 11) is 0. The maximum atomic E-state index is 13.5. The van der Waals surface area contributed by atoms with Crippen molar-refractivity contribution >= 4 is 22.6 Å². The second kappa shape index (κ2) is 4.52. The first-order valence-corrected chi connectivity index (χ1v) is 9.01. The summed E-state index contributed by atoms with van der Waals surface area (Å²) in [6.07, 6.45) is 6.71. The number of hydrogen-bond acceptors (Lipinski definition) is 3. The molecule has 4 aliphatic carbocycles. The van der Waals surface area contributed by atoms with E-state index in [0.29, 0.717) is 34.5 Å². The number of aromatic amines is 1. The van der Waals surface area contributed by atoms with Crippen LogP contribution in [-0.2, 0) is 0 Å². The number of carbonyl (C=O) groups excluding carboxylic acids is 1. The predicted molar refractivity (Wildman–Crippen MR) is 92.9 cm³/mol. The molecule has 0 amide bonds. The van der Waals surface area contributed by atoms with Gasteiger partial charge in [0, 0.05) is 5.69 Å². The lowest BCUT2D eigenvalue weighted by Gasteiger charge is -2.55. The van der Waals surface area contributed by atoms with Gasteiger partial charge in [0.2, 0.25) is 5.91 Å². The first kappa shape index (κ1) is 14.3. The topological polar surface area (TPSA) is 80.9 Å². The van der Waals surface area contributed by atoms with Gasteiger partial charge in [0.1, 0.15) is 0 Å². The molecule has 4 aliphatic rings. The van der Waals surface area contributed by atoms with E-state index in [1.54, 1.807) is 6.07 Å². The number of fused-ring (bicyclic) bond motifs is 1. The van der Waals surface area contributed by atoms with Gasteiger partial charge in [-0.1, -0.05) is 0 Å². The number of anilines is 1. The smallest absolute Gasteiger partial charge is 0.333 e. The van der Waals surface area contributed by atoms with Crippen LogP contribution < -0.4 is 11.4 Å². The van der Waals surface area contributed by atoms with Crippen LogP contribution in [0.1, 0.15) is 48.9 Å². The monoisotopic (exact) mass is 325 g/mol. The molecule has 0 spiro atoms. The number of nitrogen functional groups attached to an aromatic ring is 1. The summed E-state index contributed by atoms with van der Waals surface area (Å²) in [4.78, 5) is 28.9. The van der Waals surface area contributed by atoms with E-state index in [0.717, 1.165) is 24.8 Å². The molecule has 1 aromatic heterocycles. The van der Waals surface area contributed by atoms with Gasteiger partial charge in [0.15, 0.2) is 0 Å². The molecule has 24 heavy (non-hydrogen) atoms. The molecule has 0 atom stereocenters. The summed E-state index contributed by atoms with van der Waals surface area (Å²) < 4.78 is 1.37.